The Labute approximate surface area is 123 Å². The van der Waals surface area contributed by atoms with Crippen molar-refractivity contribution in [3.05, 3.63) is 27.7 Å². The van der Waals surface area contributed by atoms with Gasteiger partial charge in [0.15, 0.2) is 0 Å². The Morgan fingerprint density at radius 1 is 1.28 bits per heavy atom. The van der Waals surface area contributed by atoms with Crippen molar-refractivity contribution in [3.8, 4) is 0 Å². The Kier molecular flexibility index (Phi) is 4.97. The van der Waals surface area contributed by atoms with Crippen molar-refractivity contribution in [2.75, 3.05) is 5.32 Å². The van der Waals surface area contributed by atoms with Crippen molar-refractivity contribution in [3.63, 3.8) is 0 Å². The number of anilines is 1. The molecule has 1 nitrogen and oxygen atoms in total. The fraction of sp³-hybridized carbons (Fsp3) is 0.600. The zero-order valence-corrected chi connectivity index (χ0v) is 13.4. The molecular formula is C15H21BrClN. The molecule has 0 saturated heterocycles. The highest BCUT2D eigenvalue weighted by Gasteiger charge is 2.27. The topological polar surface area (TPSA) is 12.0 Å². The fourth-order valence-electron chi connectivity index (χ4n) is 2.94. The highest BCUT2D eigenvalue weighted by Crippen LogP contribution is 2.34. The van der Waals surface area contributed by atoms with Gasteiger partial charge in [0, 0.05) is 21.2 Å². The highest BCUT2D eigenvalue weighted by atomic mass is 79.9. The molecule has 1 saturated carbocycles. The molecular weight excluding hydrogens is 310 g/mol. The van der Waals surface area contributed by atoms with Crippen LogP contribution in [0, 0.1) is 11.8 Å². The average Bonchev–Trinajstić information content (AvgIpc) is 2.33. The molecule has 0 aromatic heterocycles. The highest BCUT2D eigenvalue weighted by molar-refractivity contribution is 9.10. The Morgan fingerprint density at radius 2 is 2.00 bits per heavy atom. The average molecular weight is 331 g/mol. The van der Waals surface area contributed by atoms with E-state index in [0.717, 1.165) is 27.0 Å². The van der Waals surface area contributed by atoms with Crippen LogP contribution in [0.5, 0.6) is 0 Å². The second-order valence-corrected chi connectivity index (χ2v) is 6.86. The fourth-order valence-corrected chi connectivity index (χ4v) is 3.74. The third-order valence-corrected chi connectivity index (χ3v) is 4.84. The third-order valence-electron chi connectivity index (χ3n) is 3.95. The Bertz CT molecular complexity index is 405. The van der Waals surface area contributed by atoms with Gasteiger partial charge in [-0.1, -0.05) is 38.3 Å². The van der Waals surface area contributed by atoms with Gasteiger partial charge in [0.25, 0.3) is 0 Å². The molecule has 3 heteroatoms. The van der Waals surface area contributed by atoms with Crippen LogP contribution in [-0.4, -0.2) is 6.04 Å². The van der Waals surface area contributed by atoms with E-state index in [1.165, 1.54) is 25.7 Å². The van der Waals surface area contributed by atoms with E-state index >= 15 is 0 Å². The van der Waals surface area contributed by atoms with Gasteiger partial charge < -0.3 is 5.32 Å². The number of hydrogen-bond acceptors (Lipinski definition) is 1. The number of rotatable bonds is 3. The van der Waals surface area contributed by atoms with Gasteiger partial charge in [0.1, 0.15) is 0 Å². The predicted octanol–water partition coefficient (Wildman–Crippen LogP) is 5.73. The summed E-state index contributed by atoms with van der Waals surface area (Å²) in [5, 5.41) is 4.48. The standard InChI is InChI=1S/C15H21BrClN/c1-10(2)12-5-3-4-6-14(12)18-15-8-7-11(17)9-13(15)16/h7-10,12,14,18H,3-6H2,1-2H3. The molecule has 1 fully saturated rings. The van der Waals surface area contributed by atoms with E-state index in [4.69, 9.17) is 11.6 Å². The Morgan fingerprint density at radius 3 is 2.67 bits per heavy atom. The van der Waals surface area contributed by atoms with E-state index in [-0.39, 0.29) is 0 Å². The zero-order chi connectivity index (χ0) is 13.1. The van der Waals surface area contributed by atoms with Crippen LogP contribution in [0.1, 0.15) is 39.5 Å². The molecule has 1 aliphatic rings. The van der Waals surface area contributed by atoms with Gasteiger partial charge in [0.2, 0.25) is 0 Å². The van der Waals surface area contributed by atoms with E-state index in [1.54, 1.807) is 0 Å². The van der Waals surface area contributed by atoms with Crippen LogP contribution in [0.15, 0.2) is 22.7 Å². The summed E-state index contributed by atoms with van der Waals surface area (Å²) in [5.74, 6) is 1.52. The zero-order valence-electron chi connectivity index (χ0n) is 11.0. The van der Waals surface area contributed by atoms with Gasteiger partial charge in [-0.15, -0.1) is 0 Å². The van der Waals surface area contributed by atoms with Crippen LogP contribution in [0.4, 0.5) is 5.69 Å². The van der Waals surface area contributed by atoms with E-state index < -0.39 is 0 Å². The quantitative estimate of drug-likeness (QED) is 0.746. The summed E-state index contributed by atoms with van der Waals surface area (Å²) in [7, 11) is 0. The first-order chi connectivity index (χ1) is 8.58. The molecule has 0 amide bonds. The van der Waals surface area contributed by atoms with Crippen molar-refractivity contribution in [1.82, 2.24) is 0 Å². The summed E-state index contributed by atoms with van der Waals surface area (Å²) in [6.45, 7) is 4.67. The molecule has 18 heavy (non-hydrogen) atoms. The van der Waals surface area contributed by atoms with Gasteiger partial charge >= 0.3 is 0 Å². The molecule has 0 heterocycles. The lowest BCUT2D eigenvalue weighted by Crippen LogP contribution is -2.35. The van der Waals surface area contributed by atoms with Gasteiger partial charge in [0.05, 0.1) is 0 Å². The number of benzene rings is 1. The van der Waals surface area contributed by atoms with Gasteiger partial charge in [-0.25, -0.2) is 0 Å². The summed E-state index contributed by atoms with van der Waals surface area (Å²) in [6, 6.07) is 6.56. The van der Waals surface area contributed by atoms with E-state index in [0.29, 0.717) is 6.04 Å². The Hall–Kier alpha value is -0.210. The summed E-state index contributed by atoms with van der Waals surface area (Å²) >= 11 is 9.56. The molecule has 2 unspecified atom stereocenters. The number of halogens is 2. The first kappa shape index (κ1) is 14.2. The lowest BCUT2D eigenvalue weighted by molar-refractivity contribution is 0.254. The van der Waals surface area contributed by atoms with Crippen molar-refractivity contribution in [1.29, 1.82) is 0 Å². The first-order valence-electron chi connectivity index (χ1n) is 6.79. The van der Waals surface area contributed by atoms with Crippen LogP contribution < -0.4 is 5.32 Å². The van der Waals surface area contributed by atoms with Crippen LogP contribution in [0.25, 0.3) is 0 Å². The molecule has 1 aliphatic carbocycles. The van der Waals surface area contributed by atoms with Crippen LogP contribution in [-0.2, 0) is 0 Å². The van der Waals surface area contributed by atoms with Gasteiger partial charge in [-0.05, 0) is 58.8 Å². The molecule has 1 aromatic rings. The maximum Gasteiger partial charge on any atom is 0.0487 e. The third kappa shape index (κ3) is 3.42. The van der Waals surface area contributed by atoms with Gasteiger partial charge in [-0.3, -0.25) is 0 Å². The lowest BCUT2D eigenvalue weighted by atomic mass is 9.78. The summed E-state index contributed by atoms with van der Waals surface area (Å²) in [5.41, 5.74) is 1.16. The minimum Gasteiger partial charge on any atom is -0.381 e. The van der Waals surface area contributed by atoms with E-state index in [9.17, 15) is 0 Å². The molecule has 2 rings (SSSR count). The molecule has 100 valence electrons. The second kappa shape index (κ2) is 6.29. The van der Waals surface area contributed by atoms with Crippen LogP contribution in [0.3, 0.4) is 0 Å². The van der Waals surface area contributed by atoms with Crippen molar-refractivity contribution >= 4 is 33.2 Å². The minimum absolute atomic E-state index is 0.594. The Balaban J connectivity index is 2.11. The molecule has 0 aliphatic heterocycles. The lowest BCUT2D eigenvalue weighted by Gasteiger charge is -2.35. The molecule has 1 N–H and O–H groups in total. The van der Waals surface area contributed by atoms with Crippen molar-refractivity contribution in [2.45, 2.75) is 45.6 Å². The monoisotopic (exact) mass is 329 g/mol. The molecule has 0 bridgehead atoms. The number of hydrogen-bond donors (Lipinski definition) is 1. The minimum atomic E-state index is 0.594. The summed E-state index contributed by atoms with van der Waals surface area (Å²) in [6.07, 6.45) is 5.34. The van der Waals surface area contributed by atoms with E-state index in [1.807, 2.05) is 12.1 Å². The SMILES string of the molecule is CC(C)C1CCCCC1Nc1ccc(Cl)cc1Br. The van der Waals surface area contributed by atoms with Crippen LogP contribution in [0.2, 0.25) is 5.02 Å². The molecule has 0 spiro atoms. The normalized spacial score (nSPS) is 24.3. The molecule has 0 radical (unpaired) electrons. The predicted molar refractivity (Wildman–Crippen MR) is 83.4 cm³/mol. The smallest absolute Gasteiger partial charge is 0.0487 e. The maximum absolute atomic E-state index is 5.98. The summed E-state index contributed by atoms with van der Waals surface area (Å²) in [4.78, 5) is 0. The van der Waals surface area contributed by atoms with E-state index in [2.05, 4.69) is 41.2 Å². The van der Waals surface area contributed by atoms with Crippen molar-refractivity contribution < 1.29 is 0 Å². The van der Waals surface area contributed by atoms with Crippen LogP contribution >= 0.6 is 27.5 Å². The summed E-state index contributed by atoms with van der Waals surface area (Å²) < 4.78 is 1.06. The number of nitrogens with one attached hydrogen (secondary N) is 1. The second-order valence-electron chi connectivity index (χ2n) is 5.57. The maximum atomic E-state index is 5.98. The van der Waals surface area contributed by atoms with Crippen molar-refractivity contribution in [2.24, 2.45) is 11.8 Å². The first-order valence-corrected chi connectivity index (χ1v) is 7.96. The molecule has 1 aromatic carbocycles. The molecule has 2 atom stereocenters. The largest absolute Gasteiger partial charge is 0.381 e. The van der Waals surface area contributed by atoms with Gasteiger partial charge in [-0.2, -0.15) is 0 Å².